The van der Waals surface area contributed by atoms with Gasteiger partial charge in [0.1, 0.15) is 0 Å². The molecule has 0 aliphatic carbocycles. The van der Waals surface area contributed by atoms with Crippen LogP contribution >= 0.6 is 23.2 Å². The second-order valence-corrected chi connectivity index (χ2v) is 4.65. The number of nitrogens with one attached hydrogen (secondary N) is 1. The molecule has 2 rings (SSSR count). The first-order valence-electron chi connectivity index (χ1n) is 5.44. The number of carbonyl (C=O) groups excluding carboxylic acids is 1. The van der Waals surface area contributed by atoms with Crippen molar-refractivity contribution >= 4 is 34.8 Å². The second-order valence-electron chi connectivity index (χ2n) is 3.84. The van der Waals surface area contributed by atoms with Gasteiger partial charge in [0.25, 0.3) is 0 Å². The molecule has 0 bridgehead atoms. The Morgan fingerprint density at radius 3 is 2.39 bits per heavy atom. The fourth-order valence-corrected chi connectivity index (χ4v) is 1.88. The summed E-state index contributed by atoms with van der Waals surface area (Å²) in [7, 11) is 0. The Kier molecular flexibility index (Phi) is 4.24. The minimum atomic E-state index is -0.0837. The van der Waals surface area contributed by atoms with E-state index in [1.807, 2.05) is 30.3 Å². The number of anilines is 1. The molecule has 4 heteroatoms. The standard InChI is InChI=1S/C14H11Cl2NO/c15-12-7-6-10(8-13(12)16)9-14(18)17-11-4-2-1-3-5-11/h1-8H,9H2,(H,17,18). The van der Waals surface area contributed by atoms with Crippen molar-refractivity contribution < 1.29 is 4.79 Å². The maximum Gasteiger partial charge on any atom is 0.228 e. The fourth-order valence-electron chi connectivity index (χ4n) is 1.56. The average molecular weight is 280 g/mol. The zero-order chi connectivity index (χ0) is 13.0. The van der Waals surface area contributed by atoms with E-state index in [0.29, 0.717) is 10.0 Å². The van der Waals surface area contributed by atoms with E-state index in [9.17, 15) is 4.79 Å². The van der Waals surface area contributed by atoms with E-state index in [1.54, 1.807) is 18.2 Å². The minimum absolute atomic E-state index is 0.0837. The lowest BCUT2D eigenvalue weighted by atomic mass is 10.1. The molecule has 0 radical (unpaired) electrons. The minimum Gasteiger partial charge on any atom is -0.326 e. The van der Waals surface area contributed by atoms with E-state index in [4.69, 9.17) is 23.2 Å². The smallest absolute Gasteiger partial charge is 0.228 e. The van der Waals surface area contributed by atoms with Gasteiger partial charge in [0.05, 0.1) is 16.5 Å². The predicted molar refractivity (Wildman–Crippen MR) is 75.2 cm³/mol. The largest absolute Gasteiger partial charge is 0.326 e. The lowest BCUT2D eigenvalue weighted by molar-refractivity contribution is -0.115. The molecule has 0 saturated carbocycles. The molecule has 0 aliphatic rings. The number of para-hydroxylation sites is 1. The van der Waals surface area contributed by atoms with Crippen LogP contribution in [0.1, 0.15) is 5.56 Å². The van der Waals surface area contributed by atoms with Gasteiger partial charge in [-0.3, -0.25) is 4.79 Å². The van der Waals surface area contributed by atoms with Gasteiger partial charge in [0.2, 0.25) is 5.91 Å². The predicted octanol–water partition coefficient (Wildman–Crippen LogP) is 4.17. The van der Waals surface area contributed by atoms with Crippen molar-refractivity contribution in [3.05, 3.63) is 64.1 Å². The Labute approximate surface area is 116 Å². The molecule has 0 atom stereocenters. The van der Waals surface area contributed by atoms with E-state index < -0.39 is 0 Å². The molecular weight excluding hydrogens is 269 g/mol. The molecule has 0 unspecified atom stereocenters. The zero-order valence-electron chi connectivity index (χ0n) is 9.49. The maximum absolute atomic E-state index is 11.8. The fraction of sp³-hybridized carbons (Fsp3) is 0.0714. The maximum atomic E-state index is 11.8. The van der Waals surface area contributed by atoms with Gasteiger partial charge >= 0.3 is 0 Å². The van der Waals surface area contributed by atoms with Crippen molar-refractivity contribution in [1.82, 2.24) is 0 Å². The van der Waals surface area contributed by atoms with Crippen LogP contribution in [0.4, 0.5) is 5.69 Å². The van der Waals surface area contributed by atoms with Crippen molar-refractivity contribution in [2.24, 2.45) is 0 Å². The zero-order valence-corrected chi connectivity index (χ0v) is 11.0. The van der Waals surface area contributed by atoms with Gasteiger partial charge in [-0.25, -0.2) is 0 Å². The van der Waals surface area contributed by atoms with Gasteiger partial charge in [-0.15, -0.1) is 0 Å². The molecule has 0 spiro atoms. The molecule has 0 aromatic heterocycles. The Morgan fingerprint density at radius 1 is 1.00 bits per heavy atom. The first kappa shape index (κ1) is 12.9. The Balaban J connectivity index is 2.01. The van der Waals surface area contributed by atoms with Crippen LogP contribution in [0.2, 0.25) is 10.0 Å². The molecule has 1 amide bonds. The van der Waals surface area contributed by atoms with Crippen LogP contribution in [0, 0.1) is 0 Å². The molecule has 2 aromatic carbocycles. The third-order valence-corrected chi connectivity index (χ3v) is 3.15. The highest BCUT2D eigenvalue weighted by Crippen LogP contribution is 2.22. The van der Waals surface area contributed by atoms with Gasteiger partial charge in [-0.1, -0.05) is 47.5 Å². The average Bonchev–Trinajstić information content (AvgIpc) is 2.35. The van der Waals surface area contributed by atoms with Gasteiger partial charge < -0.3 is 5.32 Å². The molecule has 18 heavy (non-hydrogen) atoms. The summed E-state index contributed by atoms with van der Waals surface area (Å²) in [6.45, 7) is 0. The van der Waals surface area contributed by atoms with Gasteiger partial charge in [-0.2, -0.15) is 0 Å². The van der Waals surface area contributed by atoms with Gasteiger partial charge in [-0.05, 0) is 29.8 Å². The van der Waals surface area contributed by atoms with E-state index >= 15 is 0 Å². The van der Waals surface area contributed by atoms with E-state index in [1.165, 1.54) is 0 Å². The monoisotopic (exact) mass is 279 g/mol. The van der Waals surface area contributed by atoms with Crippen molar-refractivity contribution in [2.75, 3.05) is 5.32 Å². The summed E-state index contributed by atoms with van der Waals surface area (Å²) >= 11 is 11.7. The van der Waals surface area contributed by atoms with Crippen LogP contribution in [0.3, 0.4) is 0 Å². The van der Waals surface area contributed by atoms with Crippen LogP contribution in [-0.4, -0.2) is 5.91 Å². The van der Waals surface area contributed by atoms with Crippen LogP contribution in [0.25, 0.3) is 0 Å². The molecule has 0 aliphatic heterocycles. The Morgan fingerprint density at radius 2 is 1.72 bits per heavy atom. The number of rotatable bonds is 3. The van der Waals surface area contributed by atoms with E-state index in [0.717, 1.165) is 11.3 Å². The molecule has 0 saturated heterocycles. The third-order valence-electron chi connectivity index (χ3n) is 2.41. The number of carbonyl (C=O) groups is 1. The molecule has 0 fully saturated rings. The molecular formula is C14H11Cl2NO. The molecule has 0 heterocycles. The molecule has 2 nitrogen and oxygen atoms in total. The first-order valence-corrected chi connectivity index (χ1v) is 6.19. The normalized spacial score (nSPS) is 10.1. The molecule has 2 aromatic rings. The topological polar surface area (TPSA) is 29.1 Å². The van der Waals surface area contributed by atoms with Crippen LogP contribution in [-0.2, 0) is 11.2 Å². The summed E-state index contributed by atoms with van der Waals surface area (Å²) in [6, 6.07) is 14.5. The Hall–Kier alpha value is -1.51. The van der Waals surface area contributed by atoms with Gasteiger partial charge in [0.15, 0.2) is 0 Å². The number of amides is 1. The van der Waals surface area contributed by atoms with Crippen LogP contribution in [0.5, 0.6) is 0 Å². The SMILES string of the molecule is O=C(Cc1ccc(Cl)c(Cl)c1)Nc1ccccc1. The summed E-state index contributed by atoms with van der Waals surface area (Å²) in [6.07, 6.45) is 0.270. The number of benzene rings is 2. The van der Waals surface area contributed by atoms with Crippen molar-refractivity contribution in [3.8, 4) is 0 Å². The number of halogens is 2. The summed E-state index contributed by atoms with van der Waals surface area (Å²) < 4.78 is 0. The summed E-state index contributed by atoms with van der Waals surface area (Å²) in [5.41, 5.74) is 1.61. The summed E-state index contributed by atoms with van der Waals surface area (Å²) in [5.74, 6) is -0.0837. The Bertz CT molecular complexity index is 555. The quantitative estimate of drug-likeness (QED) is 0.898. The first-order chi connectivity index (χ1) is 8.65. The highest BCUT2D eigenvalue weighted by molar-refractivity contribution is 6.42. The summed E-state index contributed by atoms with van der Waals surface area (Å²) in [5, 5.41) is 3.76. The highest BCUT2D eigenvalue weighted by atomic mass is 35.5. The lowest BCUT2D eigenvalue weighted by Crippen LogP contribution is -2.14. The third kappa shape index (κ3) is 3.49. The van der Waals surface area contributed by atoms with Crippen molar-refractivity contribution in [1.29, 1.82) is 0 Å². The second kappa shape index (κ2) is 5.89. The number of hydrogen-bond acceptors (Lipinski definition) is 1. The van der Waals surface area contributed by atoms with Crippen LogP contribution < -0.4 is 5.32 Å². The highest BCUT2D eigenvalue weighted by Gasteiger charge is 2.05. The van der Waals surface area contributed by atoms with E-state index in [2.05, 4.69) is 5.32 Å². The lowest BCUT2D eigenvalue weighted by Gasteiger charge is -2.05. The molecule has 92 valence electrons. The number of hydrogen-bond donors (Lipinski definition) is 1. The summed E-state index contributed by atoms with van der Waals surface area (Å²) in [4.78, 5) is 11.8. The van der Waals surface area contributed by atoms with E-state index in [-0.39, 0.29) is 12.3 Å². The van der Waals surface area contributed by atoms with Crippen molar-refractivity contribution in [3.63, 3.8) is 0 Å². The van der Waals surface area contributed by atoms with Crippen molar-refractivity contribution in [2.45, 2.75) is 6.42 Å². The van der Waals surface area contributed by atoms with Crippen LogP contribution in [0.15, 0.2) is 48.5 Å². The van der Waals surface area contributed by atoms with Gasteiger partial charge in [0, 0.05) is 5.69 Å². The molecule has 1 N–H and O–H groups in total.